The van der Waals surface area contributed by atoms with Gasteiger partial charge in [-0.05, 0) is 43.2 Å². The second kappa shape index (κ2) is 7.81. The van der Waals surface area contributed by atoms with Gasteiger partial charge in [-0.25, -0.2) is 0 Å². The van der Waals surface area contributed by atoms with Gasteiger partial charge in [0.05, 0.1) is 6.26 Å². The Morgan fingerprint density at radius 2 is 2.11 bits per heavy atom. The number of piperidine rings is 2. The fourth-order valence-electron chi connectivity index (χ4n) is 4.46. The van der Waals surface area contributed by atoms with E-state index in [2.05, 4.69) is 19.0 Å². The lowest BCUT2D eigenvalue weighted by molar-refractivity contribution is 0.0182. The summed E-state index contributed by atoms with van der Waals surface area (Å²) in [6, 6.07) is 5.35. The first-order valence-electron chi connectivity index (χ1n) is 10.1. The third-order valence-electron chi connectivity index (χ3n) is 5.74. The molecule has 2 aromatic rings. The van der Waals surface area contributed by atoms with Crippen molar-refractivity contribution in [3.05, 3.63) is 41.7 Å². The van der Waals surface area contributed by atoms with E-state index >= 15 is 0 Å². The molecule has 2 amide bonds. The molecule has 2 aliphatic rings. The van der Waals surface area contributed by atoms with Gasteiger partial charge < -0.3 is 18.7 Å². The molecular weight excluding hydrogens is 358 g/mol. The minimum atomic E-state index is -0.0678. The van der Waals surface area contributed by atoms with E-state index in [9.17, 15) is 9.59 Å². The summed E-state index contributed by atoms with van der Waals surface area (Å²) in [5.41, 5.74) is 0.394. The van der Waals surface area contributed by atoms with Crippen LogP contribution >= 0.6 is 0 Å². The molecule has 2 atom stereocenters. The second-order valence-electron chi connectivity index (χ2n) is 8.26. The number of rotatable bonds is 4. The van der Waals surface area contributed by atoms with Crippen LogP contribution < -0.4 is 0 Å². The molecule has 2 fully saturated rings. The molecule has 0 aliphatic carbocycles. The summed E-state index contributed by atoms with van der Waals surface area (Å²) < 4.78 is 10.6. The standard InChI is InChI=1S/C21H27N3O4/c1-14(2)11-16-12-17(22-28-16)20(25)24-8-3-5-15-13-23(9-7-18(15)24)21(26)19-6-4-10-27-19/h4,6,10,12,14-15,18H,3,5,7-9,11,13H2,1-2H3/t15-,18+/m1/s1. The number of carbonyl (C=O) groups excluding carboxylic acids is 2. The molecule has 0 spiro atoms. The Morgan fingerprint density at radius 3 is 2.86 bits per heavy atom. The van der Waals surface area contributed by atoms with E-state index in [0.29, 0.717) is 30.5 Å². The highest BCUT2D eigenvalue weighted by atomic mass is 16.5. The number of carbonyl (C=O) groups is 2. The summed E-state index contributed by atoms with van der Waals surface area (Å²) in [4.78, 5) is 29.5. The quantitative estimate of drug-likeness (QED) is 0.807. The first kappa shape index (κ1) is 18.8. The summed E-state index contributed by atoms with van der Waals surface area (Å²) >= 11 is 0. The van der Waals surface area contributed by atoms with Crippen molar-refractivity contribution >= 4 is 11.8 Å². The third-order valence-corrected chi connectivity index (χ3v) is 5.74. The van der Waals surface area contributed by atoms with Crippen LogP contribution in [0.25, 0.3) is 0 Å². The number of hydrogen-bond donors (Lipinski definition) is 0. The highest BCUT2D eigenvalue weighted by Crippen LogP contribution is 2.32. The molecule has 150 valence electrons. The van der Waals surface area contributed by atoms with Crippen molar-refractivity contribution < 1.29 is 18.5 Å². The summed E-state index contributed by atoms with van der Waals surface area (Å²) in [5, 5.41) is 4.02. The lowest BCUT2D eigenvalue weighted by atomic mass is 9.83. The Kier molecular flexibility index (Phi) is 5.24. The maximum atomic E-state index is 13.1. The maximum Gasteiger partial charge on any atom is 0.289 e. The molecule has 2 aliphatic heterocycles. The van der Waals surface area contributed by atoms with E-state index in [1.54, 1.807) is 18.2 Å². The topological polar surface area (TPSA) is 79.8 Å². The van der Waals surface area contributed by atoms with Crippen molar-refractivity contribution in [1.29, 1.82) is 0 Å². The maximum absolute atomic E-state index is 13.1. The van der Waals surface area contributed by atoms with E-state index in [1.807, 2.05) is 9.80 Å². The van der Waals surface area contributed by atoms with Crippen LogP contribution in [0.1, 0.15) is 59.9 Å². The van der Waals surface area contributed by atoms with E-state index in [4.69, 9.17) is 8.94 Å². The number of aromatic nitrogens is 1. The lowest BCUT2D eigenvalue weighted by Gasteiger charge is -2.46. The molecule has 4 heterocycles. The van der Waals surface area contributed by atoms with Gasteiger partial charge in [0.2, 0.25) is 0 Å². The van der Waals surface area contributed by atoms with E-state index in [0.717, 1.165) is 38.0 Å². The van der Waals surface area contributed by atoms with Gasteiger partial charge in [0.15, 0.2) is 11.5 Å². The minimum Gasteiger partial charge on any atom is -0.459 e. The van der Waals surface area contributed by atoms with Crippen molar-refractivity contribution in [3.8, 4) is 0 Å². The smallest absolute Gasteiger partial charge is 0.289 e. The van der Waals surface area contributed by atoms with Gasteiger partial charge >= 0.3 is 0 Å². The van der Waals surface area contributed by atoms with Crippen LogP contribution in [0.15, 0.2) is 33.4 Å². The number of amides is 2. The van der Waals surface area contributed by atoms with Gasteiger partial charge in [-0.1, -0.05) is 19.0 Å². The average Bonchev–Trinajstić information content (AvgIpc) is 3.37. The molecular formula is C21H27N3O4. The van der Waals surface area contributed by atoms with Crippen LogP contribution in [-0.2, 0) is 6.42 Å². The fraction of sp³-hybridized carbons (Fsp3) is 0.571. The number of furan rings is 1. The zero-order valence-electron chi connectivity index (χ0n) is 16.5. The molecule has 2 aromatic heterocycles. The Balaban J connectivity index is 1.44. The summed E-state index contributed by atoms with van der Waals surface area (Å²) in [6.07, 6.45) is 5.03. The van der Waals surface area contributed by atoms with Crippen LogP contribution in [0.2, 0.25) is 0 Å². The minimum absolute atomic E-state index is 0.0562. The van der Waals surface area contributed by atoms with Crippen molar-refractivity contribution in [2.75, 3.05) is 19.6 Å². The van der Waals surface area contributed by atoms with Crippen molar-refractivity contribution in [3.63, 3.8) is 0 Å². The van der Waals surface area contributed by atoms with Gasteiger partial charge in [0.1, 0.15) is 5.76 Å². The predicted octanol–water partition coefficient (Wildman–Crippen LogP) is 3.23. The molecule has 7 heteroatoms. The molecule has 0 N–H and O–H groups in total. The van der Waals surface area contributed by atoms with E-state index in [1.165, 1.54) is 6.26 Å². The molecule has 0 aromatic carbocycles. The molecule has 0 saturated carbocycles. The van der Waals surface area contributed by atoms with Crippen LogP contribution in [0, 0.1) is 11.8 Å². The van der Waals surface area contributed by atoms with Gasteiger partial charge in [-0.15, -0.1) is 0 Å². The zero-order valence-corrected chi connectivity index (χ0v) is 16.5. The van der Waals surface area contributed by atoms with Crippen LogP contribution in [0.3, 0.4) is 0 Å². The van der Waals surface area contributed by atoms with Gasteiger partial charge in [-0.2, -0.15) is 0 Å². The Morgan fingerprint density at radius 1 is 1.25 bits per heavy atom. The predicted molar refractivity (Wildman–Crippen MR) is 102 cm³/mol. The Labute approximate surface area is 164 Å². The Hall–Kier alpha value is -2.57. The van der Waals surface area contributed by atoms with Crippen molar-refractivity contribution in [2.45, 2.75) is 45.6 Å². The molecule has 4 rings (SSSR count). The largest absolute Gasteiger partial charge is 0.459 e. The second-order valence-corrected chi connectivity index (χ2v) is 8.26. The highest BCUT2D eigenvalue weighted by molar-refractivity contribution is 5.93. The molecule has 0 unspecified atom stereocenters. The van der Waals surface area contributed by atoms with Crippen molar-refractivity contribution in [2.24, 2.45) is 11.8 Å². The summed E-state index contributed by atoms with van der Waals surface area (Å²) in [6.45, 7) is 6.24. The van der Waals surface area contributed by atoms with Crippen molar-refractivity contribution in [1.82, 2.24) is 15.0 Å². The number of hydrogen-bond acceptors (Lipinski definition) is 5. The molecule has 7 nitrogen and oxygen atoms in total. The summed E-state index contributed by atoms with van der Waals surface area (Å²) in [5.74, 6) is 1.74. The van der Waals surface area contributed by atoms with Crippen LogP contribution in [-0.4, -0.2) is 52.4 Å². The first-order valence-corrected chi connectivity index (χ1v) is 10.1. The highest BCUT2D eigenvalue weighted by Gasteiger charge is 2.40. The van der Waals surface area contributed by atoms with Gasteiger partial charge in [0, 0.05) is 38.2 Å². The Bertz CT molecular complexity index is 827. The summed E-state index contributed by atoms with van der Waals surface area (Å²) in [7, 11) is 0. The SMILES string of the molecule is CC(C)Cc1cc(C(=O)N2CCC[C@@H]3CN(C(=O)c4ccco4)CC[C@@H]32)no1. The third kappa shape index (κ3) is 3.70. The monoisotopic (exact) mass is 385 g/mol. The first-order chi connectivity index (χ1) is 13.5. The molecule has 0 radical (unpaired) electrons. The van der Waals surface area contributed by atoms with Gasteiger partial charge in [0.25, 0.3) is 11.8 Å². The zero-order chi connectivity index (χ0) is 19.7. The van der Waals surface area contributed by atoms with E-state index in [-0.39, 0.29) is 23.8 Å². The number of nitrogens with zero attached hydrogens (tertiary/aromatic N) is 3. The fourth-order valence-corrected chi connectivity index (χ4v) is 4.46. The molecule has 28 heavy (non-hydrogen) atoms. The molecule has 0 bridgehead atoms. The van der Waals surface area contributed by atoms with Gasteiger partial charge in [-0.3, -0.25) is 9.59 Å². The number of fused-ring (bicyclic) bond motifs is 1. The number of likely N-dealkylation sites (tertiary alicyclic amines) is 2. The normalized spacial score (nSPS) is 22.4. The van der Waals surface area contributed by atoms with Crippen LogP contribution in [0.5, 0.6) is 0 Å². The average molecular weight is 385 g/mol. The lowest BCUT2D eigenvalue weighted by Crippen LogP contribution is -2.56. The van der Waals surface area contributed by atoms with E-state index < -0.39 is 0 Å². The molecule has 2 saturated heterocycles. The van der Waals surface area contributed by atoms with Crippen LogP contribution in [0.4, 0.5) is 0 Å².